The highest BCUT2D eigenvalue weighted by Gasteiger charge is 2.03. The third kappa shape index (κ3) is 7.03. The van der Waals surface area contributed by atoms with Crippen molar-refractivity contribution in [2.75, 3.05) is 13.2 Å². The van der Waals surface area contributed by atoms with E-state index in [2.05, 4.69) is 5.32 Å². The van der Waals surface area contributed by atoms with Crippen molar-refractivity contribution in [3.63, 3.8) is 0 Å². The average Bonchev–Trinajstić information content (AvgIpc) is 2.36. The molecule has 0 aromatic heterocycles. The van der Waals surface area contributed by atoms with E-state index in [1.54, 1.807) is 0 Å². The standard InChI is InChI=1S/C13H16FNO4/c14-10-3-5-11(6-4-10)19-9-1-2-12(16)15-8-7-13(17)18/h3-6H,1-2,7-9H2,(H,15,16)(H,17,18). The Morgan fingerprint density at radius 1 is 1.21 bits per heavy atom. The number of carbonyl (C=O) groups is 2. The second-order valence-corrected chi connectivity index (χ2v) is 3.90. The summed E-state index contributed by atoms with van der Waals surface area (Å²) in [6.45, 7) is 0.477. The zero-order valence-electron chi connectivity index (χ0n) is 10.4. The summed E-state index contributed by atoms with van der Waals surface area (Å²) in [6.07, 6.45) is 0.689. The van der Waals surface area contributed by atoms with Gasteiger partial charge in [0.25, 0.3) is 0 Å². The summed E-state index contributed by atoms with van der Waals surface area (Å²) in [7, 11) is 0. The van der Waals surface area contributed by atoms with Gasteiger partial charge in [0.1, 0.15) is 11.6 Å². The van der Waals surface area contributed by atoms with Gasteiger partial charge in [-0.15, -0.1) is 0 Å². The van der Waals surface area contributed by atoms with E-state index in [0.717, 1.165) is 0 Å². The molecule has 2 N–H and O–H groups in total. The predicted octanol–water partition coefficient (Wildman–Crippen LogP) is 1.58. The minimum atomic E-state index is -0.944. The van der Waals surface area contributed by atoms with Crippen molar-refractivity contribution in [2.45, 2.75) is 19.3 Å². The fourth-order valence-electron chi connectivity index (χ4n) is 1.35. The quantitative estimate of drug-likeness (QED) is 0.702. The van der Waals surface area contributed by atoms with Crippen LogP contribution in [0.3, 0.4) is 0 Å². The lowest BCUT2D eigenvalue weighted by molar-refractivity contribution is -0.136. The molecule has 0 saturated heterocycles. The fraction of sp³-hybridized carbons (Fsp3) is 0.385. The van der Waals surface area contributed by atoms with Gasteiger partial charge in [-0.25, -0.2) is 4.39 Å². The zero-order chi connectivity index (χ0) is 14.1. The maximum atomic E-state index is 12.6. The summed E-state index contributed by atoms with van der Waals surface area (Å²) in [4.78, 5) is 21.5. The van der Waals surface area contributed by atoms with Crippen LogP contribution >= 0.6 is 0 Å². The Balaban J connectivity index is 2.08. The topological polar surface area (TPSA) is 75.6 Å². The van der Waals surface area contributed by atoms with Crippen LogP contribution in [0.4, 0.5) is 4.39 Å². The number of carbonyl (C=O) groups excluding carboxylic acids is 1. The van der Waals surface area contributed by atoms with Gasteiger partial charge in [-0.2, -0.15) is 0 Å². The molecular formula is C13H16FNO4. The monoisotopic (exact) mass is 269 g/mol. The summed E-state index contributed by atoms with van der Waals surface area (Å²) in [6, 6.07) is 5.63. The highest BCUT2D eigenvalue weighted by Crippen LogP contribution is 2.11. The van der Waals surface area contributed by atoms with Crippen LogP contribution in [0.2, 0.25) is 0 Å². The van der Waals surface area contributed by atoms with Crippen molar-refractivity contribution in [3.05, 3.63) is 30.1 Å². The molecule has 0 spiro atoms. The molecule has 1 rings (SSSR count). The van der Waals surface area contributed by atoms with Gasteiger partial charge in [-0.3, -0.25) is 9.59 Å². The molecule has 0 fully saturated rings. The normalized spacial score (nSPS) is 9.95. The van der Waals surface area contributed by atoms with Gasteiger partial charge >= 0.3 is 5.97 Å². The molecular weight excluding hydrogens is 253 g/mol. The van der Waals surface area contributed by atoms with Crippen LogP contribution in [0.25, 0.3) is 0 Å². The molecule has 0 heterocycles. The molecule has 0 radical (unpaired) electrons. The molecule has 0 unspecified atom stereocenters. The second kappa shape index (κ2) is 8.07. The molecule has 0 bridgehead atoms. The Hall–Kier alpha value is -2.11. The first kappa shape index (κ1) is 14.9. The Morgan fingerprint density at radius 2 is 1.89 bits per heavy atom. The van der Waals surface area contributed by atoms with E-state index in [0.29, 0.717) is 18.8 Å². The second-order valence-electron chi connectivity index (χ2n) is 3.90. The Labute approximate surface area is 110 Å². The lowest BCUT2D eigenvalue weighted by Crippen LogP contribution is -2.26. The van der Waals surface area contributed by atoms with Gasteiger partial charge in [0.15, 0.2) is 0 Å². The molecule has 1 aromatic rings. The highest BCUT2D eigenvalue weighted by molar-refractivity contribution is 5.76. The number of halogens is 1. The van der Waals surface area contributed by atoms with E-state index in [-0.39, 0.29) is 31.1 Å². The first-order valence-corrected chi connectivity index (χ1v) is 5.95. The van der Waals surface area contributed by atoms with Crippen LogP contribution in [0, 0.1) is 5.82 Å². The van der Waals surface area contributed by atoms with E-state index in [9.17, 15) is 14.0 Å². The minimum absolute atomic E-state index is 0.0855. The third-order valence-electron chi connectivity index (χ3n) is 2.29. The van der Waals surface area contributed by atoms with Crippen LogP contribution in [-0.4, -0.2) is 30.1 Å². The maximum Gasteiger partial charge on any atom is 0.305 e. The minimum Gasteiger partial charge on any atom is -0.494 e. The number of aliphatic carboxylic acids is 1. The number of nitrogens with one attached hydrogen (secondary N) is 1. The van der Waals surface area contributed by atoms with E-state index < -0.39 is 5.97 Å². The van der Waals surface area contributed by atoms with Gasteiger partial charge in [0, 0.05) is 13.0 Å². The largest absolute Gasteiger partial charge is 0.494 e. The summed E-state index contributed by atoms with van der Waals surface area (Å²) >= 11 is 0. The molecule has 1 aromatic carbocycles. The van der Waals surface area contributed by atoms with Crippen molar-refractivity contribution in [1.82, 2.24) is 5.32 Å². The van der Waals surface area contributed by atoms with E-state index in [4.69, 9.17) is 9.84 Å². The molecule has 0 aliphatic rings. The molecule has 1 amide bonds. The Morgan fingerprint density at radius 3 is 2.53 bits per heavy atom. The molecule has 0 aliphatic carbocycles. The van der Waals surface area contributed by atoms with Gasteiger partial charge in [0.2, 0.25) is 5.91 Å². The van der Waals surface area contributed by atoms with Gasteiger partial charge in [-0.05, 0) is 30.7 Å². The van der Waals surface area contributed by atoms with Gasteiger partial charge < -0.3 is 15.2 Å². The van der Waals surface area contributed by atoms with Crippen molar-refractivity contribution >= 4 is 11.9 Å². The highest BCUT2D eigenvalue weighted by atomic mass is 19.1. The van der Waals surface area contributed by atoms with Crippen LogP contribution in [0.5, 0.6) is 5.75 Å². The molecule has 0 atom stereocenters. The maximum absolute atomic E-state index is 12.6. The third-order valence-corrected chi connectivity index (χ3v) is 2.29. The zero-order valence-corrected chi connectivity index (χ0v) is 10.4. The number of benzene rings is 1. The molecule has 5 nitrogen and oxygen atoms in total. The Bertz CT molecular complexity index is 419. The SMILES string of the molecule is O=C(O)CCNC(=O)CCCOc1ccc(F)cc1. The van der Waals surface area contributed by atoms with Gasteiger partial charge in [-0.1, -0.05) is 0 Å². The van der Waals surface area contributed by atoms with Gasteiger partial charge in [0.05, 0.1) is 13.0 Å². The smallest absolute Gasteiger partial charge is 0.305 e. The van der Waals surface area contributed by atoms with E-state index in [1.165, 1.54) is 24.3 Å². The number of carboxylic acid groups (broad SMARTS) is 1. The molecule has 0 saturated carbocycles. The summed E-state index contributed by atoms with van der Waals surface area (Å²) in [5.41, 5.74) is 0. The predicted molar refractivity (Wildman–Crippen MR) is 66.4 cm³/mol. The molecule has 0 aliphatic heterocycles. The van der Waals surface area contributed by atoms with Crippen LogP contribution in [0.15, 0.2) is 24.3 Å². The summed E-state index contributed by atoms with van der Waals surface area (Å²) in [5, 5.41) is 10.9. The van der Waals surface area contributed by atoms with Crippen LogP contribution < -0.4 is 10.1 Å². The number of rotatable bonds is 8. The number of amides is 1. The number of hydrogen-bond acceptors (Lipinski definition) is 3. The molecule has 104 valence electrons. The lowest BCUT2D eigenvalue weighted by Gasteiger charge is -2.06. The van der Waals surface area contributed by atoms with E-state index >= 15 is 0 Å². The van der Waals surface area contributed by atoms with Crippen molar-refractivity contribution in [1.29, 1.82) is 0 Å². The van der Waals surface area contributed by atoms with Crippen molar-refractivity contribution in [2.24, 2.45) is 0 Å². The fourth-order valence-corrected chi connectivity index (χ4v) is 1.35. The first-order valence-electron chi connectivity index (χ1n) is 5.95. The number of carboxylic acids is 1. The van der Waals surface area contributed by atoms with Crippen LogP contribution in [0.1, 0.15) is 19.3 Å². The Kier molecular flexibility index (Phi) is 6.35. The number of hydrogen-bond donors (Lipinski definition) is 2. The van der Waals surface area contributed by atoms with E-state index in [1.807, 2.05) is 0 Å². The lowest BCUT2D eigenvalue weighted by atomic mass is 10.3. The summed E-state index contributed by atoms with van der Waals surface area (Å²) in [5.74, 6) is -0.929. The average molecular weight is 269 g/mol. The molecule has 6 heteroatoms. The first-order chi connectivity index (χ1) is 9.08. The molecule has 19 heavy (non-hydrogen) atoms. The summed E-state index contributed by atoms with van der Waals surface area (Å²) < 4.78 is 17.9. The van der Waals surface area contributed by atoms with Crippen molar-refractivity contribution < 1.29 is 23.8 Å². The van der Waals surface area contributed by atoms with Crippen LogP contribution in [-0.2, 0) is 9.59 Å². The number of ether oxygens (including phenoxy) is 1. The van der Waals surface area contributed by atoms with Crippen molar-refractivity contribution in [3.8, 4) is 5.75 Å².